The van der Waals surface area contributed by atoms with E-state index >= 15 is 0 Å². The van der Waals surface area contributed by atoms with E-state index in [-0.39, 0.29) is 0 Å². The Kier molecular flexibility index (Phi) is 6.56. The topological polar surface area (TPSA) is 21.3 Å². The molecule has 1 aromatic carbocycles. The summed E-state index contributed by atoms with van der Waals surface area (Å²) in [6.45, 7) is 5.39. The van der Waals surface area contributed by atoms with Crippen molar-refractivity contribution in [3.63, 3.8) is 0 Å². The fourth-order valence-electron chi connectivity index (χ4n) is 3.28. The predicted octanol–water partition coefficient (Wildman–Crippen LogP) is 4.88. The van der Waals surface area contributed by atoms with Gasteiger partial charge in [0, 0.05) is 6.04 Å². The zero-order valence-corrected chi connectivity index (χ0v) is 14.0. The minimum atomic E-state index is 0.499. The number of fused-ring (bicyclic) bond motifs is 1. The molecule has 1 aliphatic carbocycles. The van der Waals surface area contributed by atoms with E-state index in [1.807, 2.05) is 0 Å². The molecule has 2 heteroatoms. The summed E-state index contributed by atoms with van der Waals surface area (Å²) in [6, 6.07) is 7.19. The standard InChI is InChI=1S/C19H31NO/c1-4-6-8-15(5-2)14-21-17-12-11-16-9-7-10-19(20-3)18(16)13-17/h11-13,15,19-20H,4-10,14H2,1-3H3. The monoisotopic (exact) mass is 289 g/mol. The number of aryl methyl sites for hydroxylation is 1. The molecule has 0 bridgehead atoms. The number of rotatable bonds is 8. The van der Waals surface area contributed by atoms with Crippen molar-refractivity contribution in [3.05, 3.63) is 29.3 Å². The minimum absolute atomic E-state index is 0.499. The zero-order chi connectivity index (χ0) is 15.1. The maximum atomic E-state index is 6.09. The smallest absolute Gasteiger partial charge is 0.119 e. The Hall–Kier alpha value is -1.02. The quantitative estimate of drug-likeness (QED) is 0.736. The molecule has 1 aromatic rings. The van der Waals surface area contributed by atoms with Crippen molar-refractivity contribution in [3.8, 4) is 5.75 Å². The van der Waals surface area contributed by atoms with Crippen molar-refractivity contribution in [1.29, 1.82) is 0 Å². The molecule has 2 unspecified atom stereocenters. The third-order valence-electron chi connectivity index (χ3n) is 4.81. The molecule has 1 N–H and O–H groups in total. The van der Waals surface area contributed by atoms with Crippen molar-refractivity contribution >= 4 is 0 Å². The van der Waals surface area contributed by atoms with Gasteiger partial charge in [-0.05, 0) is 61.9 Å². The van der Waals surface area contributed by atoms with Gasteiger partial charge < -0.3 is 10.1 Å². The van der Waals surface area contributed by atoms with Crippen molar-refractivity contribution < 1.29 is 4.74 Å². The first-order valence-electron chi connectivity index (χ1n) is 8.71. The van der Waals surface area contributed by atoms with Gasteiger partial charge in [-0.15, -0.1) is 0 Å². The van der Waals surface area contributed by atoms with Gasteiger partial charge >= 0.3 is 0 Å². The molecule has 1 aliphatic rings. The predicted molar refractivity (Wildman–Crippen MR) is 90.0 cm³/mol. The van der Waals surface area contributed by atoms with Gasteiger partial charge in [-0.2, -0.15) is 0 Å². The Morgan fingerprint density at radius 2 is 2.19 bits per heavy atom. The molecule has 0 saturated heterocycles. The lowest BCUT2D eigenvalue weighted by atomic mass is 9.87. The van der Waals surface area contributed by atoms with E-state index < -0.39 is 0 Å². The second kappa shape index (κ2) is 8.43. The van der Waals surface area contributed by atoms with E-state index in [4.69, 9.17) is 4.74 Å². The molecule has 2 rings (SSSR count). The van der Waals surface area contributed by atoms with Crippen LogP contribution in [0.3, 0.4) is 0 Å². The summed E-state index contributed by atoms with van der Waals surface area (Å²) in [5.74, 6) is 1.74. The van der Waals surface area contributed by atoms with E-state index in [1.165, 1.54) is 56.1 Å². The second-order valence-electron chi connectivity index (χ2n) is 6.32. The van der Waals surface area contributed by atoms with Gasteiger partial charge in [-0.25, -0.2) is 0 Å². The van der Waals surface area contributed by atoms with Crippen LogP contribution in [0.4, 0.5) is 0 Å². The molecule has 0 heterocycles. The van der Waals surface area contributed by atoms with Crippen molar-refractivity contribution in [2.75, 3.05) is 13.7 Å². The molecule has 0 saturated carbocycles. The molecule has 2 nitrogen and oxygen atoms in total. The minimum Gasteiger partial charge on any atom is -0.493 e. The Bertz CT molecular complexity index is 430. The highest BCUT2D eigenvalue weighted by Crippen LogP contribution is 2.32. The van der Waals surface area contributed by atoms with Crippen LogP contribution >= 0.6 is 0 Å². The first kappa shape index (κ1) is 16.4. The van der Waals surface area contributed by atoms with Crippen molar-refractivity contribution in [1.82, 2.24) is 5.32 Å². The maximum Gasteiger partial charge on any atom is 0.119 e. The van der Waals surface area contributed by atoms with Gasteiger partial charge in [0.05, 0.1) is 6.61 Å². The number of benzene rings is 1. The average molecular weight is 289 g/mol. The van der Waals surface area contributed by atoms with Gasteiger partial charge in [0.2, 0.25) is 0 Å². The SMILES string of the molecule is CCCCC(CC)COc1ccc2c(c1)C(NC)CCC2. The fraction of sp³-hybridized carbons (Fsp3) is 0.684. The Labute approximate surface area is 130 Å². The highest BCUT2D eigenvalue weighted by atomic mass is 16.5. The normalized spacial score (nSPS) is 19.1. The van der Waals surface area contributed by atoms with Crippen LogP contribution in [0.1, 0.15) is 69.5 Å². The van der Waals surface area contributed by atoms with Gasteiger partial charge in [-0.1, -0.05) is 39.2 Å². The molecular formula is C19H31NO. The molecule has 0 spiro atoms. The average Bonchev–Trinajstić information content (AvgIpc) is 2.54. The number of hydrogen-bond acceptors (Lipinski definition) is 2. The van der Waals surface area contributed by atoms with Gasteiger partial charge in [0.15, 0.2) is 0 Å². The van der Waals surface area contributed by atoms with Crippen molar-refractivity contribution in [2.24, 2.45) is 5.92 Å². The van der Waals surface area contributed by atoms with E-state index in [2.05, 4.69) is 44.4 Å². The molecular weight excluding hydrogens is 258 g/mol. The first-order valence-corrected chi connectivity index (χ1v) is 8.71. The third-order valence-corrected chi connectivity index (χ3v) is 4.81. The van der Waals surface area contributed by atoms with Crippen LogP contribution in [0.15, 0.2) is 18.2 Å². The lowest BCUT2D eigenvalue weighted by Gasteiger charge is -2.26. The summed E-state index contributed by atoms with van der Waals surface area (Å²) < 4.78 is 6.09. The number of ether oxygens (including phenoxy) is 1. The van der Waals surface area contributed by atoms with Crippen LogP contribution in [-0.2, 0) is 6.42 Å². The highest BCUT2D eigenvalue weighted by molar-refractivity contribution is 5.39. The van der Waals surface area contributed by atoms with Crippen LogP contribution in [0.5, 0.6) is 5.75 Å². The molecule has 118 valence electrons. The van der Waals surface area contributed by atoms with E-state index in [0.717, 1.165) is 12.4 Å². The van der Waals surface area contributed by atoms with Crippen LogP contribution in [0, 0.1) is 5.92 Å². The number of unbranched alkanes of at least 4 members (excludes halogenated alkanes) is 1. The van der Waals surface area contributed by atoms with Gasteiger partial charge in [0.25, 0.3) is 0 Å². The Morgan fingerprint density at radius 3 is 2.90 bits per heavy atom. The van der Waals surface area contributed by atoms with E-state index in [1.54, 1.807) is 0 Å². The Balaban J connectivity index is 1.97. The molecule has 21 heavy (non-hydrogen) atoms. The number of nitrogens with one attached hydrogen (secondary N) is 1. The van der Waals surface area contributed by atoms with Crippen LogP contribution < -0.4 is 10.1 Å². The summed E-state index contributed by atoms with van der Waals surface area (Å²) in [5, 5.41) is 3.44. The molecule has 2 atom stereocenters. The Morgan fingerprint density at radius 1 is 1.33 bits per heavy atom. The summed E-state index contributed by atoms with van der Waals surface area (Å²) >= 11 is 0. The van der Waals surface area contributed by atoms with E-state index in [0.29, 0.717) is 12.0 Å². The molecule has 0 aliphatic heterocycles. The highest BCUT2D eigenvalue weighted by Gasteiger charge is 2.19. The summed E-state index contributed by atoms with van der Waals surface area (Å²) in [6.07, 6.45) is 8.82. The fourth-order valence-corrected chi connectivity index (χ4v) is 3.28. The van der Waals surface area contributed by atoms with Crippen LogP contribution in [-0.4, -0.2) is 13.7 Å². The van der Waals surface area contributed by atoms with Crippen LogP contribution in [0.2, 0.25) is 0 Å². The third kappa shape index (κ3) is 4.47. The molecule has 0 amide bonds. The van der Waals surface area contributed by atoms with Gasteiger partial charge in [-0.3, -0.25) is 0 Å². The maximum absolute atomic E-state index is 6.09. The summed E-state index contributed by atoms with van der Waals surface area (Å²) in [5.41, 5.74) is 2.94. The summed E-state index contributed by atoms with van der Waals surface area (Å²) in [7, 11) is 2.06. The molecule has 0 fully saturated rings. The molecule has 0 radical (unpaired) electrons. The molecule has 0 aromatic heterocycles. The zero-order valence-electron chi connectivity index (χ0n) is 14.0. The van der Waals surface area contributed by atoms with Crippen molar-refractivity contribution in [2.45, 2.75) is 64.8 Å². The lowest BCUT2D eigenvalue weighted by molar-refractivity contribution is 0.233. The van der Waals surface area contributed by atoms with Gasteiger partial charge in [0.1, 0.15) is 5.75 Å². The van der Waals surface area contributed by atoms with E-state index in [9.17, 15) is 0 Å². The summed E-state index contributed by atoms with van der Waals surface area (Å²) in [4.78, 5) is 0. The van der Waals surface area contributed by atoms with Crippen LogP contribution in [0.25, 0.3) is 0 Å². The number of hydrogen-bond donors (Lipinski definition) is 1. The second-order valence-corrected chi connectivity index (χ2v) is 6.32. The first-order chi connectivity index (χ1) is 10.3. The lowest BCUT2D eigenvalue weighted by Crippen LogP contribution is -2.21. The largest absolute Gasteiger partial charge is 0.493 e.